The van der Waals surface area contributed by atoms with E-state index in [1.165, 1.54) is 0 Å². The maximum atomic E-state index is 12.6. The average molecular weight is 292 g/mol. The van der Waals surface area contributed by atoms with Gasteiger partial charge in [-0.15, -0.1) is 0 Å². The molecule has 2 bridgehead atoms. The van der Waals surface area contributed by atoms with Gasteiger partial charge in [-0.3, -0.25) is 4.79 Å². The molecule has 1 aromatic carbocycles. The lowest BCUT2D eigenvalue weighted by atomic mass is 9.79. The predicted octanol–water partition coefficient (Wildman–Crippen LogP) is 2.93. The summed E-state index contributed by atoms with van der Waals surface area (Å²) < 4.78 is 6.15. The summed E-state index contributed by atoms with van der Waals surface area (Å²) in [5.74, 6) is 0.127. The van der Waals surface area contributed by atoms with Crippen LogP contribution in [-0.2, 0) is 10.3 Å². The minimum absolute atomic E-state index is 0.0534. The van der Waals surface area contributed by atoms with Crippen LogP contribution in [0.1, 0.15) is 46.3 Å². The van der Waals surface area contributed by atoms with E-state index in [9.17, 15) is 15.3 Å². The molecule has 1 saturated carbocycles. The first kappa shape index (κ1) is 13.5. The quantitative estimate of drug-likeness (QED) is 0.737. The lowest BCUT2D eigenvalue weighted by molar-refractivity contribution is -0.0551. The summed E-state index contributed by atoms with van der Waals surface area (Å²) in [6.45, 7) is 4.02. The number of aryl methyl sites for hydroxylation is 2. The third-order valence-electron chi connectivity index (χ3n) is 5.75. The third kappa shape index (κ3) is 1.41. The van der Waals surface area contributed by atoms with Gasteiger partial charge in [-0.05, 0) is 55.4 Å². The number of rotatable bonds is 0. The van der Waals surface area contributed by atoms with Crippen LogP contribution in [0.5, 0.6) is 0 Å². The Kier molecular flexibility index (Phi) is 2.43. The van der Waals surface area contributed by atoms with Crippen molar-refractivity contribution in [3.8, 4) is 12.1 Å². The smallest absolute Gasteiger partial charge is 0.191 e. The number of ether oxygens (including phenoxy) is 1. The molecule has 4 nitrogen and oxygen atoms in total. The van der Waals surface area contributed by atoms with E-state index in [-0.39, 0.29) is 11.7 Å². The summed E-state index contributed by atoms with van der Waals surface area (Å²) in [6, 6.07) is 8.37. The van der Waals surface area contributed by atoms with Crippen molar-refractivity contribution < 1.29 is 9.53 Å². The number of fused-ring (bicyclic) bond motifs is 2. The van der Waals surface area contributed by atoms with Gasteiger partial charge >= 0.3 is 0 Å². The fourth-order valence-electron chi connectivity index (χ4n) is 4.50. The van der Waals surface area contributed by atoms with Crippen LogP contribution in [0.2, 0.25) is 0 Å². The molecule has 3 aliphatic rings. The summed E-state index contributed by atoms with van der Waals surface area (Å²) in [4.78, 5) is 12.6. The van der Waals surface area contributed by atoms with E-state index < -0.39 is 17.1 Å². The lowest BCUT2D eigenvalue weighted by Crippen LogP contribution is -2.38. The third-order valence-corrected chi connectivity index (χ3v) is 5.75. The van der Waals surface area contributed by atoms with E-state index in [0.29, 0.717) is 19.3 Å². The minimum atomic E-state index is -0.994. The molecule has 0 N–H and O–H groups in total. The number of nitriles is 2. The molecule has 2 aliphatic heterocycles. The van der Waals surface area contributed by atoms with E-state index in [1.54, 1.807) is 0 Å². The van der Waals surface area contributed by atoms with Crippen LogP contribution in [0.25, 0.3) is 0 Å². The Hall–Kier alpha value is -2.17. The van der Waals surface area contributed by atoms with Gasteiger partial charge in [-0.25, -0.2) is 0 Å². The molecule has 0 amide bonds. The Bertz CT molecular complexity index is 785. The van der Waals surface area contributed by atoms with Gasteiger partial charge in [-0.1, -0.05) is 6.07 Å². The first-order chi connectivity index (χ1) is 10.4. The van der Waals surface area contributed by atoms with E-state index in [4.69, 9.17) is 4.74 Å². The number of hydrogen-bond acceptors (Lipinski definition) is 4. The lowest BCUT2D eigenvalue weighted by Gasteiger charge is -2.36. The first-order valence-corrected chi connectivity index (χ1v) is 7.61. The molecule has 2 fully saturated rings. The molecule has 22 heavy (non-hydrogen) atoms. The summed E-state index contributed by atoms with van der Waals surface area (Å²) in [5, 5.41) is 18.9. The number of hydrogen-bond donors (Lipinski definition) is 0. The van der Waals surface area contributed by atoms with Gasteiger partial charge in [0.05, 0.1) is 12.1 Å². The van der Waals surface area contributed by atoms with E-state index in [0.717, 1.165) is 22.3 Å². The first-order valence-electron chi connectivity index (χ1n) is 7.61. The van der Waals surface area contributed by atoms with E-state index in [1.807, 2.05) is 26.0 Å². The summed E-state index contributed by atoms with van der Waals surface area (Å²) in [5.41, 5.74) is 2.20. The number of Topliss-reactive ketones (excluding diaryl/α,β-unsaturated/α-hetero) is 1. The van der Waals surface area contributed by atoms with Crippen LogP contribution >= 0.6 is 0 Å². The molecule has 1 spiro atoms. The van der Waals surface area contributed by atoms with Crippen LogP contribution in [-0.4, -0.2) is 11.9 Å². The maximum Gasteiger partial charge on any atom is 0.191 e. The van der Waals surface area contributed by atoms with E-state index in [2.05, 4.69) is 12.1 Å². The molecule has 0 radical (unpaired) electrons. The van der Waals surface area contributed by atoms with Crippen LogP contribution < -0.4 is 0 Å². The molecule has 2 heterocycles. The van der Waals surface area contributed by atoms with Crippen LogP contribution in [0, 0.1) is 47.8 Å². The second kappa shape index (κ2) is 3.97. The summed E-state index contributed by atoms with van der Waals surface area (Å²) in [6.07, 6.45) is 1.08. The number of ketones is 1. The van der Waals surface area contributed by atoms with Crippen molar-refractivity contribution in [2.75, 3.05) is 0 Å². The predicted molar refractivity (Wildman–Crippen MR) is 77.8 cm³/mol. The normalized spacial score (nSPS) is 33.7. The zero-order valence-electron chi connectivity index (χ0n) is 12.6. The van der Waals surface area contributed by atoms with Crippen LogP contribution in [0.15, 0.2) is 12.1 Å². The Morgan fingerprint density at radius 2 is 1.91 bits per heavy atom. The maximum absolute atomic E-state index is 12.6. The van der Waals surface area contributed by atoms with Crippen molar-refractivity contribution in [3.63, 3.8) is 0 Å². The van der Waals surface area contributed by atoms with Gasteiger partial charge < -0.3 is 4.74 Å². The molecule has 3 atom stereocenters. The Morgan fingerprint density at radius 1 is 1.23 bits per heavy atom. The monoisotopic (exact) mass is 292 g/mol. The zero-order chi connectivity index (χ0) is 15.7. The topological polar surface area (TPSA) is 73.9 Å². The molecule has 1 saturated heterocycles. The van der Waals surface area contributed by atoms with Crippen molar-refractivity contribution in [2.24, 2.45) is 11.3 Å². The highest BCUT2D eigenvalue weighted by Crippen LogP contribution is 2.63. The minimum Gasteiger partial charge on any atom is -0.358 e. The van der Waals surface area contributed by atoms with Crippen LogP contribution in [0.3, 0.4) is 0 Å². The SMILES string of the molecule is Cc1cc2c(cc1C)[C@@]13CC(C#N)(C#N)C[C@H]1C[C@@H](O3)C2=O. The molecule has 110 valence electrons. The largest absolute Gasteiger partial charge is 0.358 e. The number of carbonyl (C=O) groups is 1. The summed E-state index contributed by atoms with van der Waals surface area (Å²) >= 11 is 0. The van der Waals surface area contributed by atoms with Crippen molar-refractivity contribution in [1.82, 2.24) is 0 Å². The number of carbonyl (C=O) groups excluding carboxylic acids is 1. The second-order valence-corrected chi connectivity index (χ2v) is 6.96. The van der Waals surface area contributed by atoms with Crippen LogP contribution in [0.4, 0.5) is 0 Å². The molecule has 1 aliphatic carbocycles. The molecule has 0 unspecified atom stereocenters. The fraction of sp³-hybridized carbons (Fsp3) is 0.500. The van der Waals surface area contributed by atoms with E-state index >= 15 is 0 Å². The second-order valence-electron chi connectivity index (χ2n) is 6.96. The molecular weight excluding hydrogens is 276 g/mol. The Morgan fingerprint density at radius 3 is 2.59 bits per heavy atom. The zero-order valence-corrected chi connectivity index (χ0v) is 12.6. The van der Waals surface area contributed by atoms with Gasteiger partial charge in [0.15, 0.2) is 5.78 Å². The van der Waals surface area contributed by atoms with Gasteiger partial charge in [0.1, 0.15) is 17.1 Å². The highest BCUT2D eigenvalue weighted by molar-refractivity contribution is 6.03. The van der Waals surface area contributed by atoms with Gasteiger partial charge in [-0.2, -0.15) is 10.5 Å². The van der Waals surface area contributed by atoms with Crippen molar-refractivity contribution in [1.29, 1.82) is 10.5 Å². The van der Waals surface area contributed by atoms with Gasteiger partial charge in [0.25, 0.3) is 0 Å². The standard InChI is InChI=1S/C18H16N2O2/c1-10-3-13-14(4-11(10)2)18-7-17(8-19,9-20)6-12(18)5-15(22-18)16(13)21/h3-4,12,15H,5-7H2,1-2H3/t12-,15-,18-/m1/s1. The molecule has 4 heteroatoms. The summed E-state index contributed by atoms with van der Waals surface area (Å²) in [7, 11) is 0. The molecule has 1 aromatic rings. The van der Waals surface area contributed by atoms with Crippen molar-refractivity contribution in [3.05, 3.63) is 34.4 Å². The highest BCUT2D eigenvalue weighted by Gasteiger charge is 2.65. The molecule has 4 rings (SSSR count). The molecular formula is C18H16N2O2. The fourth-order valence-corrected chi connectivity index (χ4v) is 4.50. The van der Waals surface area contributed by atoms with Crippen molar-refractivity contribution in [2.45, 2.75) is 44.8 Å². The van der Waals surface area contributed by atoms with Crippen molar-refractivity contribution >= 4 is 5.78 Å². The number of benzene rings is 1. The Balaban J connectivity index is 1.95. The van der Waals surface area contributed by atoms with Gasteiger partial charge in [0, 0.05) is 12.0 Å². The average Bonchev–Trinajstić information content (AvgIpc) is 2.98. The Labute approximate surface area is 129 Å². The highest BCUT2D eigenvalue weighted by atomic mass is 16.5. The number of nitrogens with zero attached hydrogens (tertiary/aromatic N) is 2. The van der Waals surface area contributed by atoms with Gasteiger partial charge in [0.2, 0.25) is 0 Å². The molecule has 0 aromatic heterocycles.